The highest BCUT2D eigenvalue weighted by Crippen LogP contribution is 2.38. The summed E-state index contributed by atoms with van der Waals surface area (Å²) in [4.78, 5) is 12.0. The van der Waals surface area contributed by atoms with Crippen LogP contribution in [0.15, 0.2) is 24.5 Å². The summed E-state index contributed by atoms with van der Waals surface area (Å²) in [6.07, 6.45) is 7.66. The highest BCUT2D eigenvalue weighted by Gasteiger charge is 2.44. The largest absolute Gasteiger partial charge is 0.374 e. The van der Waals surface area contributed by atoms with Crippen LogP contribution in [0.2, 0.25) is 0 Å². The van der Waals surface area contributed by atoms with E-state index in [1.54, 1.807) is 0 Å². The van der Waals surface area contributed by atoms with E-state index in [0.717, 1.165) is 25.8 Å². The van der Waals surface area contributed by atoms with E-state index in [1.807, 2.05) is 24.5 Å². The molecule has 1 N–H and O–H groups in total. The van der Waals surface area contributed by atoms with Gasteiger partial charge in [-0.25, -0.2) is 0 Å². The minimum Gasteiger partial charge on any atom is -0.374 e. The number of hydrogen-bond donors (Lipinski definition) is 1. The molecular formula is C13H18N2O2. The van der Waals surface area contributed by atoms with Gasteiger partial charge in [-0.2, -0.15) is 0 Å². The Bertz CT molecular complexity index is 388. The average molecular weight is 234 g/mol. The molecule has 0 aromatic carbocycles. The summed E-state index contributed by atoms with van der Waals surface area (Å²) >= 11 is 0. The van der Waals surface area contributed by atoms with E-state index in [4.69, 9.17) is 4.74 Å². The molecule has 3 rings (SSSR count). The van der Waals surface area contributed by atoms with Gasteiger partial charge in [0.1, 0.15) is 0 Å². The van der Waals surface area contributed by atoms with Gasteiger partial charge in [0, 0.05) is 25.5 Å². The zero-order valence-electron chi connectivity index (χ0n) is 9.84. The number of nitrogens with zero attached hydrogens (tertiary/aromatic N) is 1. The predicted octanol–water partition coefficient (Wildman–Crippen LogP) is 1.17. The second-order valence-electron chi connectivity index (χ2n) is 4.93. The number of amides is 1. The normalized spacial score (nSPS) is 30.7. The third-order valence-electron chi connectivity index (χ3n) is 3.78. The Hall–Kier alpha value is -1.29. The van der Waals surface area contributed by atoms with Crippen LogP contribution in [0.1, 0.15) is 19.3 Å². The van der Waals surface area contributed by atoms with Gasteiger partial charge in [0.15, 0.2) is 0 Å². The Kier molecular flexibility index (Phi) is 2.89. The Balaban J connectivity index is 1.45. The van der Waals surface area contributed by atoms with E-state index < -0.39 is 0 Å². The molecule has 1 aromatic rings. The zero-order chi connectivity index (χ0) is 11.7. The monoisotopic (exact) mass is 234 g/mol. The third kappa shape index (κ3) is 2.22. The summed E-state index contributed by atoms with van der Waals surface area (Å²) in [6.45, 7) is 1.53. The van der Waals surface area contributed by atoms with E-state index >= 15 is 0 Å². The molecule has 4 nitrogen and oxygen atoms in total. The smallest absolute Gasteiger partial charge is 0.225 e. The average Bonchev–Trinajstić information content (AvgIpc) is 3.05. The number of rotatable bonds is 4. The van der Waals surface area contributed by atoms with Gasteiger partial charge in [-0.15, -0.1) is 0 Å². The van der Waals surface area contributed by atoms with Gasteiger partial charge in [-0.05, 0) is 31.4 Å². The zero-order valence-corrected chi connectivity index (χ0v) is 9.84. The molecule has 1 aromatic heterocycles. The fourth-order valence-corrected chi connectivity index (χ4v) is 2.87. The Morgan fingerprint density at radius 3 is 2.82 bits per heavy atom. The molecule has 0 unspecified atom stereocenters. The second kappa shape index (κ2) is 4.53. The van der Waals surface area contributed by atoms with E-state index in [1.165, 1.54) is 0 Å². The van der Waals surface area contributed by atoms with Crippen molar-refractivity contribution >= 4 is 5.91 Å². The van der Waals surface area contributed by atoms with Crippen LogP contribution < -0.4 is 5.32 Å². The molecule has 0 saturated carbocycles. The molecule has 2 aliphatic heterocycles. The van der Waals surface area contributed by atoms with Crippen molar-refractivity contribution in [2.75, 3.05) is 6.54 Å². The van der Waals surface area contributed by atoms with E-state index in [0.29, 0.717) is 12.6 Å². The molecule has 0 radical (unpaired) electrons. The van der Waals surface area contributed by atoms with Crippen molar-refractivity contribution in [2.24, 2.45) is 5.92 Å². The highest BCUT2D eigenvalue weighted by atomic mass is 16.5. The van der Waals surface area contributed by atoms with Crippen LogP contribution >= 0.6 is 0 Å². The summed E-state index contributed by atoms with van der Waals surface area (Å²) in [7, 11) is 0. The molecule has 0 spiro atoms. The Morgan fingerprint density at radius 1 is 1.35 bits per heavy atom. The Morgan fingerprint density at radius 2 is 2.18 bits per heavy atom. The molecule has 1 amide bonds. The van der Waals surface area contributed by atoms with Crippen molar-refractivity contribution in [1.82, 2.24) is 9.88 Å². The SMILES string of the molecule is O=C(NCCn1cccc1)[C@H]1C[C@H]2CC[C@H]1O2. The maximum atomic E-state index is 12.0. The van der Waals surface area contributed by atoms with Crippen LogP contribution in [-0.2, 0) is 16.1 Å². The number of aromatic nitrogens is 1. The van der Waals surface area contributed by atoms with Crippen LogP contribution in [-0.4, -0.2) is 29.2 Å². The summed E-state index contributed by atoms with van der Waals surface area (Å²) in [6, 6.07) is 3.98. The fraction of sp³-hybridized carbons (Fsp3) is 0.615. The van der Waals surface area contributed by atoms with Gasteiger partial charge in [0.05, 0.1) is 18.1 Å². The lowest BCUT2D eigenvalue weighted by molar-refractivity contribution is -0.126. The summed E-state index contributed by atoms with van der Waals surface area (Å²) < 4.78 is 7.76. The van der Waals surface area contributed by atoms with Gasteiger partial charge >= 0.3 is 0 Å². The molecule has 0 aliphatic carbocycles. The molecule has 2 fully saturated rings. The number of ether oxygens (including phenoxy) is 1. The van der Waals surface area contributed by atoms with Crippen molar-refractivity contribution in [3.8, 4) is 0 Å². The minimum atomic E-state index is 0.0958. The first-order chi connectivity index (χ1) is 8.33. The maximum absolute atomic E-state index is 12.0. The lowest BCUT2D eigenvalue weighted by atomic mass is 9.88. The van der Waals surface area contributed by atoms with Gasteiger partial charge in [-0.3, -0.25) is 4.79 Å². The maximum Gasteiger partial charge on any atom is 0.225 e. The molecule has 2 saturated heterocycles. The molecule has 2 bridgehead atoms. The van der Waals surface area contributed by atoms with E-state index in [2.05, 4.69) is 9.88 Å². The summed E-state index contributed by atoms with van der Waals surface area (Å²) in [5.41, 5.74) is 0. The first kappa shape index (κ1) is 10.8. The first-order valence-electron chi connectivity index (χ1n) is 6.37. The van der Waals surface area contributed by atoms with Crippen molar-refractivity contribution in [1.29, 1.82) is 0 Å². The fourth-order valence-electron chi connectivity index (χ4n) is 2.87. The van der Waals surface area contributed by atoms with Crippen molar-refractivity contribution in [3.05, 3.63) is 24.5 Å². The number of fused-ring (bicyclic) bond motifs is 2. The van der Waals surface area contributed by atoms with Gasteiger partial charge in [0.25, 0.3) is 0 Å². The molecule has 3 heterocycles. The molecule has 4 heteroatoms. The van der Waals surface area contributed by atoms with Gasteiger partial charge in [0.2, 0.25) is 5.91 Å². The molecule has 17 heavy (non-hydrogen) atoms. The first-order valence-corrected chi connectivity index (χ1v) is 6.37. The second-order valence-corrected chi connectivity index (χ2v) is 4.93. The summed E-state index contributed by atoms with van der Waals surface area (Å²) in [5, 5.41) is 3.01. The number of hydrogen-bond acceptors (Lipinski definition) is 2. The predicted molar refractivity (Wildman–Crippen MR) is 63.4 cm³/mol. The van der Waals surface area contributed by atoms with Crippen LogP contribution in [0.5, 0.6) is 0 Å². The minimum absolute atomic E-state index is 0.0958. The van der Waals surface area contributed by atoms with Gasteiger partial charge in [-0.1, -0.05) is 0 Å². The standard InChI is InChI=1S/C13H18N2O2/c16-13(11-9-10-3-4-12(11)17-10)14-5-8-15-6-1-2-7-15/h1-2,6-7,10-12H,3-5,8-9H2,(H,14,16)/t10-,11+,12-/m1/s1. The van der Waals surface area contributed by atoms with Crippen molar-refractivity contribution in [2.45, 2.75) is 38.0 Å². The quantitative estimate of drug-likeness (QED) is 0.850. The van der Waals surface area contributed by atoms with Crippen molar-refractivity contribution < 1.29 is 9.53 Å². The van der Waals surface area contributed by atoms with Crippen LogP contribution in [0.3, 0.4) is 0 Å². The molecule has 92 valence electrons. The van der Waals surface area contributed by atoms with Crippen LogP contribution in [0.25, 0.3) is 0 Å². The van der Waals surface area contributed by atoms with E-state index in [-0.39, 0.29) is 17.9 Å². The highest BCUT2D eigenvalue weighted by molar-refractivity contribution is 5.79. The lowest BCUT2D eigenvalue weighted by Crippen LogP contribution is -2.37. The Labute approximate surface area is 101 Å². The lowest BCUT2D eigenvalue weighted by Gasteiger charge is -2.18. The molecule has 2 aliphatic rings. The molecular weight excluding hydrogens is 216 g/mol. The van der Waals surface area contributed by atoms with E-state index in [9.17, 15) is 4.79 Å². The molecule has 3 atom stereocenters. The number of carbonyl (C=O) groups excluding carboxylic acids is 1. The topological polar surface area (TPSA) is 43.3 Å². The van der Waals surface area contributed by atoms with Crippen molar-refractivity contribution in [3.63, 3.8) is 0 Å². The van der Waals surface area contributed by atoms with Crippen LogP contribution in [0, 0.1) is 5.92 Å². The van der Waals surface area contributed by atoms with Crippen LogP contribution in [0.4, 0.5) is 0 Å². The number of carbonyl (C=O) groups is 1. The number of nitrogens with one attached hydrogen (secondary N) is 1. The van der Waals surface area contributed by atoms with Gasteiger partial charge < -0.3 is 14.6 Å². The third-order valence-corrected chi connectivity index (χ3v) is 3.78. The summed E-state index contributed by atoms with van der Waals surface area (Å²) in [5.74, 6) is 0.266.